The fourth-order valence-corrected chi connectivity index (χ4v) is 3.93. The minimum Gasteiger partial charge on any atom is -0.352 e. The van der Waals surface area contributed by atoms with Gasteiger partial charge in [-0.1, -0.05) is 26.3 Å². The Morgan fingerprint density at radius 2 is 1.78 bits per heavy atom. The van der Waals surface area contributed by atoms with Crippen LogP contribution < -0.4 is 4.90 Å². The summed E-state index contributed by atoms with van der Waals surface area (Å²) in [5.74, 6) is 1.82. The second kappa shape index (κ2) is 8.14. The van der Waals surface area contributed by atoms with Crippen LogP contribution in [0.25, 0.3) is 0 Å². The van der Waals surface area contributed by atoms with E-state index in [2.05, 4.69) is 69.7 Å². The molecule has 0 N–H and O–H groups in total. The number of aromatic nitrogens is 1. The van der Waals surface area contributed by atoms with Crippen molar-refractivity contribution < 1.29 is 0 Å². The Morgan fingerprint density at radius 1 is 1.09 bits per heavy atom. The van der Waals surface area contributed by atoms with E-state index in [0.717, 1.165) is 11.7 Å². The first-order valence-corrected chi connectivity index (χ1v) is 9.38. The minimum atomic E-state index is 0.473. The molecule has 23 heavy (non-hydrogen) atoms. The molecule has 0 aliphatic carbocycles. The fourth-order valence-electron chi connectivity index (χ4n) is 3.93. The number of rotatable bonds is 6. The highest BCUT2D eigenvalue weighted by atomic mass is 15.2. The van der Waals surface area contributed by atoms with Gasteiger partial charge in [0, 0.05) is 30.9 Å². The Labute approximate surface area is 143 Å². The standard InChI is InChI=1S/C20H35N3/c1-15(2)14-22-12-8-7-9-19(22)18-10-11-20(21-13-18)23(16(3)4)17(5)6/h10-11,13,15-17,19H,7-9,12,14H2,1-6H3/t19-/m1/s1. The zero-order valence-corrected chi connectivity index (χ0v) is 15.9. The van der Waals surface area contributed by atoms with Gasteiger partial charge in [0.05, 0.1) is 0 Å². The van der Waals surface area contributed by atoms with Crippen molar-refractivity contribution in [2.75, 3.05) is 18.0 Å². The Morgan fingerprint density at radius 3 is 2.30 bits per heavy atom. The van der Waals surface area contributed by atoms with Gasteiger partial charge < -0.3 is 4.90 Å². The number of anilines is 1. The molecule has 1 aromatic rings. The SMILES string of the molecule is CC(C)CN1CCCC[C@@H]1c1ccc(N(C(C)C)C(C)C)nc1. The first-order valence-electron chi connectivity index (χ1n) is 9.38. The van der Waals surface area contributed by atoms with E-state index in [1.807, 2.05) is 0 Å². The van der Waals surface area contributed by atoms with Crippen LogP contribution in [0.1, 0.15) is 72.4 Å². The first-order chi connectivity index (χ1) is 10.9. The molecule has 0 aromatic carbocycles. The Balaban J connectivity index is 2.17. The summed E-state index contributed by atoms with van der Waals surface area (Å²) < 4.78 is 0. The first kappa shape index (κ1) is 18.3. The number of pyridine rings is 1. The highest BCUT2D eigenvalue weighted by Gasteiger charge is 2.25. The van der Waals surface area contributed by atoms with Gasteiger partial charge in [0.1, 0.15) is 5.82 Å². The highest BCUT2D eigenvalue weighted by molar-refractivity contribution is 5.41. The van der Waals surface area contributed by atoms with Crippen LogP contribution in [0.3, 0.4) is 0 Å². The Kier molecular flexibility index (Phi) is 6.46. The molecule has 1 aliphatic heterocycles. The van der Waals surface area contributed by atoms with Crippen molar-refractivity contribution in [1.29, 1.82) is 0 Å². The normalized spacial score (nSPS) is 19.8. The molecule has 1 fully saturated rings. The average Bonchev–Trinajstić information content (AvgIpc) is 2.47. The molecule has 0 amide bonds. The molecular formula is C20H35N3. The van der Waals surface area contributed by atoms with Crippen molar-refractivity contribution in [3.63, 3.8) is 0 Å². The van der Waals surface area contributed by atoms with Crippen LogP contribution >= 0.6 is 0 Å². The third kappa shape index (κ3) is 4.69. The summed E-state index contributed by atoms with van der Waals surface area (Å²) in [6.45, 7) is 16.0. The molecule has 130 valence electrons. The number of hydrogen-bond donors (Lipinski definition) is 0. The van der Waals surface area contributed by atoms with Gasteiger partial charge in [-0.25, -0.2) is 4.98 Å². The smallest absolute Gasteiger partial charge is 0.128 e. The molecule has 1 aromatic heterocycles. The molecule has 0 saturated carbocycles. The lowest BCUT2D eigenvalue weighted by atomic mass is 9.95. The number of hydrogen-bond acceptors (Lipinski definition) is 3. The molecule has 0 spiro atoms. The lowest BCUT2D eigenvalue weighted by Crippen LogP contribution is -2.38. The van der Waals surface area contributed by atoms with Crippen LogP contribution in [-0.2, 0) is 0 Å². The van der Waals surface area contributed by atoms with Crippen molar-refractivity contribution in [3.8, 4) is 0 Å². The molecule has 3 heteroatoms. The van der Waals surface area contributed by atoms with E-state index in [-0.39, 0.29) is 0 Å². The van der Waals surface area contributed by atoms with Gasteiger partial charge in [0.25, 0.3) is 0 Å². The van der Waals surface area contributed by atoms with E-state index < -0.39 is 0 Å². The van der Waals surface area contributed by atoms with E-state index >= 15 is 0 Å². The maximum atomic E-state index is 4.81. The summed E-state index contributed by atoms with van der Waals surface area (Å²) in [6.07, 6.45) is 6.07. The second-order valence-electron chi connectivity index (χ2n) is 7.94. The van der Waals surface area contributed by atoms with Crippen LogP contribution in [0.15, 0.2) is 18.3 Å². The average molecular weight is 318 g/mol. The largest absolute Gasteiger partial charge is 0.352 e. The number of likely N-dealkylation sites (tertiary alicyclic amines) is 1. The topological polar surface area (TPSA) is 19.4 Å². The predicted octanol–water partition coefficient (Wildman–Crippen LogP) is 4.89. The van der Waals surface area contributed by atoms with Crippen LogP contribution in [0.2, 0.25) is 0 Å². The zero-order chi connectivity index (χ0) is 17.0. The summed E-state index contributed by atoms with van der Waals surface area (Å²) in [5, 5.41) is 0. The predicted molar refractivity (Wildman–Crippen MR) is 100.0 cm³/mol. The Bertz CT molecular complexity index is 456. The number of piperidine rings is 1. The third-order valence-electron chi connectivity index (χ3n) is 4.75. The maximum Gasteiger partial charge on any atom is 0.128 e. The third-order valence-corrected chi connectivity index (χ3v) is 4.75. The van der Waals surface area contributed by atoms with Crippen LogP contribution in [0, 0.1) is 5.92 Å². The molecule has 1 aliphatic rings. The van der Waals surface area contributed by atoms with Crippen molar-refractivity contribution in [1.82, 2.24) is 9.88 Å². The number of nitrogens with zero attached hydrogens (tertiary/aromatic N) is 3. The van der Waals surface area contributed by atoms with Crippen LogP contribution in [0.4, 0.5) is 5.82 Å². The van der Waals surface area contributed by atoms with E-state index in [9.17, 15) is 0 Å². The summed E-state index contributed by atoms with van der Waals surface area (Å²) >= 11 is 0. The monoisotopic (exact) mass is 317 g/mol. The lowest BCUT2D eigenvalue weighted by Gasteiger charge is -2.37. The summed E-state index contributed by atoms with van der Waals surface area (Å²) in [5.41, 5.74) is 1.39. The molecule has 0 unspecified atom stereocenters. The molecule has 0 bridgehead atoms. The Hall–Kier alpha value is -1.09. The quantitative estimate of drug-likeness (QED) is 0.745. The van der Waals surface area contributed by atoms with Crippen molar-refractivity contribution in [3.05, 3.63) is 23.9 Å². The molecule has 1 saturated heterocycles. The fraction of sp³-hybridized carbons (Fsp3) is 0.750. The minimum absolute atomic E-state index is 0.473. The van der Waals surface area contributed by atoms with E-state index in [0.29, 0.717) is 18.1 Å². The van der Waals surface area contributed by atoms with E-state index in [1.165, 1.54) is 37.9 Å². The van der Waals surface area contributed by atoms with Crippen LogP contribution in [-0.4, -0.2) is 35.1 Å². The van der Waals surface area contributed by atoms with E-state index in [4.69, 9.17) is 4.98 Å². The summed E-state index contributed by atoms with van der Waals surface area (Å²) in [4.78, 5) is 9.86. The van der Waals surface area contributed by atoms with Crippen molar-refractivity contribution in [2.24, 2.45) is 5.92 Å². The van der Waals surface area contributed by atoms with Crippen molar-refractivity contribution in [2.45, 2.75) is 78.9 Å². The summed E-state index contributed by atoms with van der Waals surface area (Å²) in [7, 11) is 0. The molecule has 3 nitrogen and oxygen atoms in total. The molecule has 2 heterocycles. The van der Waals surface area contributed by atoms with Gasteiger partial charge in [-0.05, 0) is 64.6 Å². The van der Waals surface area contributed by atoms with Gasteiger partial charge in [-0.2, -0.15) is 0 Å². The van der Waals surface area contributed by atoms with Gasteiger partial charge >= 0.3 is 0 Å². The second-order valence-corrected chi connectivity index (χ2v) is 7.94. The van der Waals surface area contributed by atoms with Gasteiger partial charge in [0.2, 0.25) is 0 Å². The summed E-state index contributed by atoms with van der Waals surface area (Å²) in [6, 6.07) is 6.03. The van der Waals surface area contributed by atoms with E-state index in [1.54, 1.807) is 0 Å². The van der Waals surface area contributed by atoms with Gasteiger partial charge in [-0.3, -0.25) is 4.90 Å². The molecular weight excluding hydrogens is 282 g/mol. The zero-order valence-electron chi connectivity index (χ0n) is 15.9. The highest BCUT2D eigenvalue weighted by Crippen LogP contribution is 2.32. The molecule has 2 rings (SSSR count). The molecule has 0 radical (unpaired) electrons. The van der Waals surface area contributed by atoms with Crippen molar-refractivity contribution >= 4 is 5.82 Å². The van der Waals surface area contributed by atoms with Crippen LogP contribution in [0.5, 0.6) is 0 Å². The molecule has 1 atom stereocenters. The maximum absolute atomic E-state index is 4.81. The lowest BCUT2D eigenvalue weighted by molar-refractivity contribution is 0.132. The van der Waals surface area contributed by atoms with Gasteiger partial charge in [-0.15, -0.1) is 0 Å². The van der Waals surface area contributed by atoms with Gasteiger partial charge in [0.15, 0.2) is 0 Å².